The van der Waals surface area contributed by atoms with Gasteiger partial charge in [0.05, 0.1) is 12.4 Å². The first kappa shape index (κ1) is 10.7. The second-order valence-corrected chi connectivity index (χ2v) is 3.55. The smallest absolute Gasteiger partial charge is 0.159 e. The van der Waals surface area contributed by atoms with Gasteiger partial charge in [-0.05, 0) is 18.2 Å². The van der Waals surface area contributed by atoms with E-state index in [4.69, 9.17) is 11.6 Å². The maximum atomic E-state index is 12.6. The minimum absolute atomic E-state index is 0.326. The van der Waals surface area contributed by atoms with Gasteiger partial charge in [0.25, 0.3) is 0 Å². The van der Waals surface area contributed by atoms with Crippen LogP contribution >= 0.6 is 11.6 Å². The maximum absolute atomic E-state index is 12.6. The first-order valence-electron chi connectivity index (χ1n) is 4.43. The van der Waals surface area contributed by atoms with E-state index < -0.39 is 5.82 Å². The molecule has 1 aromatic carbocycles. The third kappa shape index (κ3) is 2.23. The van der Waals surface area contributed by atoms with Crippen LogP contribution in [0.25, 0.3) is 11.4 Å². The van der Waals surface area contributed by atoms with Gasteiger partial charge in [0, 0.05) is 16.1 Å². The average Bonchev–Trinajstić information content (AvgIpc) is 2.29. The standard InChI is InChI=1S/C11H6ClFN2O/c12-9-2-7(6-16)1-8(3-9)11-14-4-10(13)5-15-11/h1-6H. The van der Waals surface area contributed by atoms with Crippen LogP contribution in [-0.2, 0) is 0 Å². The first-order valence-corrected chi connectivity index (χ1v) is 4.80. The number of benzene rings is 1. The number of hydrogen-bond acceptors (Lipinski definition) is 3. The van der Waals surface area contributed by atoms with Crippen molar-refractivity contribution in [2.75, 3.05) is 0 Å². The molecule has 0 atom stereocenters. The van der Waals surface area contributed by atoms with Crippen LogP contribution in [0.5, 0.6) is 0 Å². The van der Waals surface area contributed by atoms with Crippen LogP contribution < -0.4 is 0 Å². The molecule has 2 aromatic rings. The Morgan fingerprint density at radius 1 is 1.19 bits per heavy atom. The molecule has 0 N–H and O–H groups in total. The van der Waals surface area contributed by atoms with Crippen molar-refractivity contribution < 1.29 is 9.18 Å². The lowest BCUT2D eigenvalue weighted by atomic mass is 10.1. The lowest BCUT2D eigenvalue weighted by Gasteiger charge is -2.01. The molecule has 1 aromatic heterocycles. The van der Waals surface area contributed by atoms with Gasteiger partial charge in [-0.1, -0.05) is 11.6 Å². The van der Waals surface area contributed by atoms with Crippen LogP contribution in [0.3, 0.4) is 0 Å². The van der Waals surface area contributed by atoms with Crippen LogP contribution in [0, 0.1) is 5.82 Å². The zero-order chi connectivity index (χ0) is 11.5. The van der Waals surface area contributed by atoms with E-state index in [1.54, 1.807) is 12.1 Å². The van der Waals surface area contributed by atoms with E-state index in [2.05, 4.69) is 9.97 Å². The van der Waals surface area contributed by atoms with Crippen molar-refractivity contribution >= 4 is 17.9 Å². The molecule has 0 aliphatic carbocycles. The van der Waals surface area contributed by atoms with Gasteiger partial charge in [-0.25, -0.2) is 14.4 Å². The van der Waals surface area contributed by atoms with Crippen molar-refractivity contribution in [1.29, 1.82) is 0 Å². The van der Waals surface area contributed by atoms with Crippen molar-refractivity contribution in [2.24, 2.45) is 0 Å². The van der Waals surface area contributed by atoms with E-state index in [0.29, 0.717) is 28.3 Å². The van der Waals surface area contributed by atoms with Crippen molar-refractivity contribution in [2.45, 2.75) is 0 Å². The molecule has 0 bridgehead atoms. The van der Waals surface area contributed by atoms with Gasteiger partial charge in [0.15, 0.2) is 11.6 Å². The molecule has 0 radical (unpaired) electrons. The molecule has 0 unspecified atom stereocenters. The quantitative estimate of drug-likeness (QED) is 0.753. The number of rotatable bonds is 2. The molecule has 3 nitrogen and oxygen atoms in total. The number of aromatic nitrogens is 2. The summed E-state index contributed by atoms with van der Waals surface area (Å²) < 4.78 is 12.6. The lowest BCUT2D eigenvalue weighted by Crippen LogP contribution is -1.91. The van der Waals surface area contributed by atoms with Gasteiger partial charge in [0.1, 0.15) is 6.29 Å². The molecule has 80 valence electrons. The van der Waals surface area contributed by atoms with Gasteiger partial charge in [-0.3, -0.25) is 4.79 Å². The van der Waals surface area contributed by atoms with Crippen molar-refractivity contribution in [3.05, 3.63) is 47.0 Å². The normalized spacial score (nSPS) is 10.1. The zero-order valence-corrected chi connectivity index (χ0v) is 8.78. The van der Waals surface area contributed by atoms with Gasteiger partial charge in [0.2, 0.25) is 0 Å². The Bertz CT molecular complexity index is 528. The minimum Gasteiger partial charge on any atom is -0.298 e. The number of nitrogens with zero attached hydrogens (tertiary/aromatic N) is 2. The predicted octanol–water partition coefficient (Wildman–Crippen LogP) is 2.75. The summed E-state index contributed by atoms with van der Waals surface area (Å²) in [5.41, 5.74) is 1.00. The van der Waals surface area contributed by atoms with Crippen molar-refractivity contribution in [3.8, 4) is 11.4 Å². The molecule has 0 spiro atoms. The fourth-order valence-corrected chi connectivity index (χ4v) is 1.51. The molecule has 0 saturated heterocycles. The second kappa shape index (κ2) is 4.37. The molecule has 16 heavy (non-hydrogen) atoms. The molecule has 0 saturated carbocycles. The number of hydrogen-bond donors (Lipinski definition) is 0. The summed E-state index contributed by atoms with van der Waals surface area (Å²) in [6.45, 7) is 0. The Balaban J connectivity index is 2.51. The summed E-state index contributed by atoms with van der Waals surface area (Å²) in [4.78, 5) is 18.2. The second-order valence-electron chi connectivity index (χ2n) is 3.12. The topological polar surface area (TPSA) is 42.9 Å². The van der Waals surface area contributed by atoms with E-state index in [0.717, 1.165) is 12.4 Å². The van der Waals surface area contributed by atoms with Crippen LogP contribution in [0.15, 0.2) is 30.6 Å². The third-order valence-corrected chi connectivity index (χ3v) is 2.15. The lowest BCUT2D eigenvalue weighted by molar-refractivity contribution is 0.112. The monoisotopic (exact) mass is 236 g/mol. The Hall–Kier alpha value is -1.81. The molecule has 0 aliphatic rings. The highest BCUT2D eigenvalue weighted by Crippen LogP contribution is 2.21. The number of halogens is 2. The van der Waals surface area contributed by atoms with Crippen molar-refractivity contribution in [3.63, 3.8) is 0 Å². The third-order valence-electron chi connectivity index (χ3n) is 1.93. The largest absolute Gasteiger partial charge is 0.298 e. The van der Waals surface area contributed by atoms with E-state index in [-0.39, 0.29) is 0 Å². The van der Waals surface area contributed by atoms with Gasteiger partial charge >= 0.3 is 0 Å². The summed E-state index contributed by atoms with van der Waals surface area (Å²) in [5.74, 6) is -0.187. The summed E-state index contributed by atoms with van der Waals surface area (Å²) >= 11 is 5.82. The predicted molar refractivity (Wildman–Crippen MR) is 57.8 cm³/mol. The van der Waals surface area contributed by atoms with E-state index >= 15 is 0 Å². The highest BCUT2D eigenvalue weighted by atomic mass is 35.5. The summed E-state index contributed by atoms with van der Waals surface area (Å²) in [7, 11) is 0. The van der Waals surface area contributed by atoms with Crippen LogP contribution in [0.4, 0.5) is 4.39 Å². The summed E-state index contributed by atoms with van der Waals surface area (Å²) in [6.07, 6.45) is 2.80. The molecule has 0 fully saturated rings. The molecule has 1 heterocycles. The van der Waals surface area contributed by atoms with Gasteiger partial charge in [-0.2, -0.15) is 0 Å². The molecular formula is C11H6ClFN2O. The summed E-state index contributed by atoms with van der Waals surface area (Å²) in [5, 5.41) is 0.410. The van der Waals surface area contributed by atoms with Crippen LogP contribution in [0.1, 0.15) is 10.4 Å². The number of aldehydes is 1. The summed E-state index contributed by atoms with van der Waals surface area (Å²) in [6, 6.07) is 4.73. The molecule has 0 aliphatic heterocycles. The minimum atomic E-state index is -0.513. The van der Waals surface area contributed by atoms with E-state index in [1.165, 1.54) is 6.07 Å². The Morgan fingerprint density at radius 2 is 1.88 bits per heavy atom. The maximum Gasteiger partial charge on any atom is 0.159 e. The van der Waals surface area contributed by atoms with Crippen molar-refractivity contribution in [1.82, 2.24) is 9.97 Å². The highest BCUT2D eigenvalue weighted by molar-refractivity contribution is 6.31. The molecular weight excluding hydrogens is 231 g/mol. The fourth-order valence-electron chi connectivity index (χ4n) is 1.27. The Kier molecular flexibility index (Phi) is 2.92. The number of carbonyl (C=O) groups is 1. The van der Waals surface area contributed by atoms with Crippen LogP contribution in [0.2, 0.25) is 5.02 Å². The first-order chi connectivity index (χ1) is 7.69. The highest BCUT2D eigenvalue weighted by Gasteiger charge is 2.04. The molecule has 5 heteroatoms. The average molecular weight is 237 g/mol. The molecule has 2 rings (SSSR count). The van der Waals surface area contributed by atoms with E-state index in [1.807, 2.05) is 0 Å². The SMILES string of the molecule is O=Cc1cc(Cl)cc(-c2ncc(F)cn2)c1. The van der Waals surface area contributed by atoms with Gasteiger partial charge in [-0.15, -0.1) is 0 Å². The molecule has 0 amide bonds. The Labute approximate surface area is 95.9 Å². The van der Waals surface area contributed by atoms with E-state index in [9.17, 15) is 9.18 Å². The Morgan fingerprint density at radius 3 is 2.50 bits per heavy atom. The number of carbonyl (C=O) groups excluding carboxylic acids is 1. The fraction of sp³-hybridized carbons (Fsp3) is 0. The van der Waals surface area contributed by atoms with Crippen LogP contribution in [-0.4, -0.2) is 16.3 Å². The van der Waals surface area contributed by atoms with Gasteiger partial charge < -0.3 is 0 Å². The zero-order valence-electron chi connectivity index (χ0n) is 8.02.